The molecule has 1 N–H and O–H groups in total. The molecule has 0 radical (unpaired) electrons. The standard InChI is InChI=1S/C27H30O4/c1-25(2)29-19-24(31-25)26(3,28)20-30-27(21-13-7-4-8-14-21,22-15-9-5-10-16-22)23-17-11-6-12-18-23/h4-18,24,28H,19-20H2,1-3H3/t24-,26-/m0/s1. The average molecular weight is 419 g/mol. The van der Waals surface area contributed by atoms with Crippen LogP contribution in [-0.4, -0.2) is 35.8 Å². The molecule has 0 amide bonds. The highest BCUT2D eigenvalue weighted by Crippen LogP contribution is 2.41. The Kier molecular flexibility index (Phi) is 6.00. The van der Waals surface area contributed by atoms with E-state index in [0.29, 0.717) is 6.61 Å². The lowest BCUT2D eigenvalue weighted by molar-refractivity contribution is -0.184. The minimum Gasteiger partial charge on any atom is -0.385 e. The van der Waals surface area contributed by atoms with E-state index in [1.807, 2.05) is 68.4 Å². The van der Waals surface area contributed by atoms with Crippen LogP contribution in [-0.2, 0) is 19.8 Å². The Balaban J connectivity index is 1.77. The predicted molar refractivity (Wildman–Crippen MR) is 121 cm³/mol. The van der Waals surface area contributed by atoms with Gasteiger partial charge < -0.3 is 19.3 Å². The highest BCUT2D eigenvalue weighted by atomic mass is 16.7. The van der Waals surface area contributed by atoms with Gasteiger partial charge in [0.2, 0.25) is 0 Å². The molecule has 4 nitrogen and oxygen atoms in total. The minimum atomic E-state index is -1.24. The summed E-state index contributed by atoms with van der Waals surface area (Å²) in [6.45, 7) is 5.83. The smallest absolute Gasteiger partial charge is 0.163 e. The van der Waals surface area contributed by atoms with Crippen LogP contribution in [0.25, 0.3) is 0 Å². The Bertz CT molecular complexity index is 871. The molecular formula is C27H30O4. The van der Waals surface area contributed by atoms with Crippen molar-refractivity contribution in [1.29, 1.82) is 0 Å². The molecule has 4 heteroatoms. The first-order valence-corrected chi connectivity index (χ1v) is 10.7. The van der Waals surface area contributed by atoms with Gasteiger partial charge in [0.15, 0.2) is 5.79 Å². The van der Waals surface area contributed by atoms with E-state index >= 15 is 0 Å². The maximum Gasteiger partial charge on any atom is 0.163 e. The third-order valence-electron chi connectivity index (χ3n) is 5.82. The normalized spacial score (nSPS) is 20.3. The molecule has 0 aromatic heterocycles. The third kappa shape index (κ3) is 4.43. The summed E-state index contributed by atoms with van der Waals surface area (Å²) < 4.78 is 18.4. The number of aliphatic hydroxyl groups is 1. The van der Waals surface area contributed by atoms with Gasteiger partial charge in [0, 0.05) is 0 Å². The van der Waals surface area contributed by atoms with E-state index in [1.165, 1.54) is 0 Å². The van der Waals surface area contributed by atoms with Crippen molar-refractivity contribution in [2.24, 2.45) is 0 Å². The van der Waals surface area contributed by atoms with E-state index in [2.05, 4.69) is 36.4 Å². The van der Waals surface area contributed by atoms with Gasteiger partial charge in [0.25, 0.3) is 0 Å². The van der Waals surface area contributed by atoms with Gasteiger partial charge in [-0.15, -0.1) is 0 Å². The number of hydrogen-bond acceptors (Lipinski definition) is 4. The monoisotopic (exact) mass is 418 g/mol. The SMILES string of the molecule is CC1(C)OC[C@@H]([C@@](C)(O)COC(c2ccccc2)(c2ccccc2)c2ccccc2)O1. The van der Waals surface area contributed by atoms with Crippen LogP contribution in [0.3, 0.4) is 0 Å². The number of rotatable bonds is 7. The lowest BCUT2D eigenvalue weighted by Crippen LogP contribution is -2.48. The van der Waals surface area contributed by atoms with Gasteiger partial charge in [-0.25, -0.2) is 0 Å². The van der Waals surface area contributed by atoms with Gasteiger partial charge in [-0.3, -0.25) is 0 Å². The Labute approximate surface area is 184 Å². The topological polar surface area (TPSA) is 47.9 Å². The average Bonchev–Trinajstić information content (AvgIpc) is 3.17. The van der Waals surface area contributed by atoms with E-state index in [1.54, 1.807) is 6.92 Å². The van der Waals surface area contributed by atoms with Crippen LogP contribution < -0.4 is 0 Å². The van der Waals surface area contributed by atoms with Gasteiger partial charge in [-0.2, -0.15) is 0 Å². The van der Waals surface area contributed by atoms with Crippen LogP contribution in [0, 0.1) is 0 Å². The van der Waals surface area contributed by atoms with Crippen molar-refractivity contribution in [1.82, 2.24) is 0 Å². The van der Waals surface area contributed by atoms with Gasteiger partial charge >= 0.3 is 0 Å². The second-order valence-electron chi connectivity index (χ2n) is 8.74. The van der Waals surface area contributed by atoms with Crippen molar-refractivity contribution in [2.45, 2.75) is 43.9 Å². The van der Waals surface area contributed by atoms with Gasteiger partial charge in [-0.1, -0.05) is 91.0 Å². The molecule has 1 fully saturated rings. The molecule has 3 aromatic rings. The van der Waals surface area contributed by atoms with Crippen molar-refractivity contribution < 1.29 is 19.3 Å². The fourth-order valence-corrected chi connectivity index (χ4v) is 4.11. The molecule has 2 atom stereocenters. The first-order chi connectivity index (χ1) is 14.8. The summed E-state index contributed by atoms with van der Waals surface area (Å²) in [5, 5.41) is 11.3. The van der Waals surface area contributed by atoms with Crippen molar-refractivity contribution >= 4 is 0 Å². The molecule has 0 bridgehead atoms. The van der Waals surface area contributed by atoms with E-state index in [9.17, 15) is 5.11 Å². The second kappa shape index (κ2) is 8.56. The lowest BCUT2D eigenvalue weighted by Gasteiger charge is -2.39. The summed E-state index contributed by atoms with van der Waals surface area (Å²) in [5.74, 6) is -0.718. The second-order valence-corrected chi connectivity index (χ2v) is 8.74. The van der Waals surface area contributed by atoms with Gasteiger partial charge in [0.1, 0.15) is 17.3 Å². The van der Waals surface area contributed by atoms with Crippen molar-refractivity contribution in [2.75, 3.05) is 13.2 Å². The summed E-state index contributed by atoms with van der Waals surface area (Å²) in [4.78, 5) is 0. The molecule has 0 aliphatic carbocycles. The summed E-state index contributed by atoms with van der Waals surface area (Å²) in [6.07, 6.45) is -0.484. The molecule has 0 saturated carbocycles. The summed E-state index contributed by atoms with van der Waals surface area (Å²) >= 11 is 0. The Morgan fingerprint density at radius 3 is 1.61 bits per heavy atom. The quantitative estimate of drug-likeness (QED) is 0.555. The largest absolute Gasteiger partial charge is 0.385 e. The summed E-state index contributed by atoms with van der Waals surface area (Å²) in [7, 11) is 0. The maximum atomic E-state index is 11.3. The lowest BCUT2D eigenvalue weighted by atomic mass is 9.80. The number of benzene rings is 3. The first kappa shape index (κ1) is 21.7. The summed E-state index contributed by atoms with van der Waals surface area (Å²) in [5.41, 5.74) is 0.853. The van der Waals surface area contributed by atoms with Gasteiger partial charge in [0.05, 0.1) is 13.2 Å². The van der Waals surface area contributed by atoms with Crippen molar-refractivity contribution in [3.05, 3.63) is 108 Å². The molecule has 1 aliphatic rings. The molecule has 1 saturated heterocycles. The molecule has 3 aromatic carbocycles. The highest BCUT2D eigenvalue weighted by Gasteiger charge is 2.46. The fraction of sp³-hybridized carbons (Fsp3) is 0.333. The zero-order valence-corrected chi connectivity index (χ0v) is 18.3. The van der Waals surface area contributed by atoms with E-state index in [-0.39, 0.29) is 6.61 Å². The fourth-order valence-electron chi connectivity index (χ4n) is 4.11. The van der Waals surface area contributed by atoms with E-state index in [0.717, 1.165) is 16.7 Å². The maximum absolute atomic E-state index is 11.3. The molecule has 1 heterocycles. The van der Waals surface area contributed by atoms with Crippen LogP contribution >= 0.6 is 0 Å². The minimum absolute atomic E-state index is 0.0653. The van der Waals surface area contributed by atoms with E-state index in [4.69, 9.17) is 14.2 Å². The zero-order chi connectivity index (χ0) is 22.0. The Morgan fingerprint density at radius 1 is 0.839 bits per heavy atom. The van der Waals surface area contributed by atoms with Crippen molar-refractivity contribution in [3.63, 3.8) is 0 Å². The van der Waals surface area contributed by atoms with Gasteiger partial charge in [-0.05, 0) is 37.5 Å². The molecular weight excluding hydrogens is 388 g/mol. The van der Waals surface area contributed by atoms with Crippen molar-refractivity contribution in [3.8, 4) is 0 Å². The molecule has 0 unspecified atom stereocenters. The molecule has 162 valence electrons. The number of hydrogen-bond donors (Lipinski definition) is 1. The first-order valence-electron chi connectivity index (χ1n) is 10.7. The molecule has 1 aliphatic heterocycles. The predicted octanol–water partition coefficient (Wildman–Crippen LogP) is 4.90. The van der Waals surface area contributed by atoms with Crippen LogP contribution in [0.15, 0.2) is 91.0 Å². The Hall–Kier alpha value is -2.50. The summed E-state index contributed by atoms with van der Waals surface area (Å²) in [6, 6.07) is 30.4. The third-order valence-corrected chi connectivity index (χ3v) is 5.82. The van der Waals surface area contributed by atoms with Crippen LogP contribution in [0.1, 0.15) is 37.5 Å². The van der Waals surface area contributed by atoms with E-state index < -0.39 is 23.1 Å². The van der Waals surface area contributed by atoms with Crippen LogP contribution in [0.4, 0.5) is 0 Å². The number of ether oxygens (including phenoxy) is 3. The molecule has 4 rings (SSSR count). The highest BCUT2D eigenvalue weighted by molar-refractivity contribution is 5.47. The molecule has 31 heavy (non-hydrogen) atoms. The van der Waals surface area contributed by atoms with Crippen LogP contribution in [0.2, 0.25) is 0 Å². The Morgan fingerprint density at radius 2 is 1.26 bits per heavy atom. The molecule has 0 spiro atoms. The zero-order valence-electron chi connectivity index (χ0n) is 18.3. The van der Waals surface area contributed by atoms with Crippen LogP contribution in [0.5, 0.6) is 0 Å².